The van der Waals surface area contributed by atoms with Crippen LogP contribution in [0.3, 0.4) is 0 Å². The van der Waals surface area contributed by atoms with Crippen LogP contribution >= 0.6 is 0 Å². The van der Waals surface area contributed by atoms with Crippen molar-refractivity contribution in [3.63, 3.8) is 0 Å². The van der Waals surface area contributed by atoms with Crippen molar-refractivity contribution in [2.45, 2.75) is 20.3 Å². The van der Waals surface area contributed by atoms with Crippen molar-refractivity contribution in [3.8, 4) is 0 Å². The van der Waals surface area contributed by atoms with Crippen LogP contribution in [0.25, 0.3) is 11.0 Å². The number of benzene rings is 2. The summed E-state index contributed by atoms with van der Waals surface area (Å²) in [6.45, 7) is 3.97. The van der Waals surface area contributed by atoms with E-state index in [1.165, 1.54) is 12.1 Å². The summed E-state index contributed by atoms with van der Waals surface area (Å²) < 4.78 is 5.94. The molecule has 1 aromatic heterocycles. The Morgan fingerprint density at radius 2 is 1.88 bits per heavy atom. The van der Waals surface area contributed by atoms with Gasteiger partial charge in [0.2, 0.25) is 0 Å². The smallest absolute Gasteiger partial charge is 0.335 e. The monoisotopic (exact) mass is 322 g/mol. The second kappa shape index (κ2) is 6.58. The zero-order valence-corrected chi connectivity index (χ0v) is 13.5. The van der Waals surface area contributed by atoms with Gasteiger partial charge in [-0.25, -0.2) is 4.79 Å². The predicted octanol–water partition coefficient (Wildman–Crippen LogP) is 4.53. The number of furan rings is 1. The van der Waals surface area contributed by atoms with Crippen LogP contribution in [0.1, 0.15) is 35.5 Å². The molecule has 3 rings (SSSR count). The van der Waals surface area contributed by atoms with E-state index >= 15 is 0 Å². The van der Waals surface area contributed by atoms with Gasteiger partial charge >= 0.3 is 5.97 Å². The summed E-state index contributed by atoms with van der Waals surface area (Å²) in [6, 6.07) is 14.4. The van der Waals surface area contributed by atoms with Gasteiger partial charge in [0.25, 0.3) is 0 Å². The van der Waals surface area contributed by atoms with Gasteiger partial charge in [-0.05, 0) is 43.7 Å². The summed E-state index contributed by atoms with van der Waals surface area (Å²) in [6.07, 6.45) is 0.854. The van der Waals surface area contributed by atoms with Crippen LogP contribution in [0.5, 0.6) is 0 Å². The number of carboxylic acids is 1. The molecule has 24 heavy (non-hydrogen) atoms. The van der Waals surface area contributed by atoms with E-state index in [0.717, 1.165) is 34.4 Å². The van der Waals surface area contributed by atoms with Gasteiger partial charge in [-0.2, -0.15) is 5.10 Å². The number of hydrogen-bond acceptors (Lipinski definition) is 4. The molecule has 1 heterocycles. The second-order valence-electron chi connectivity index (χ2n) is 5.45. The first-order valence-corrected chi connectivity index (χ1v) is 7.74. The number of carbonyl (C=O) groups is 1. The molecule has 0 radical (unpaired) electrons. The van der Waals surface area contributed by atoms with Gasteiger partial charge in [-0.1, -0.05) is 25.1 Å². The SMILES string of the molecule is CCc1c(/C(C)=N\Nc2ccc(C(=O)O)cc2)oc2ccccc12. The minimum absolute atomic E-state index is 0.242. The summed E-state index contributed by atoms with van der Waals surface area (Å²) in [4.78, 5) is 10.9. The molecule has 0 saturated heterocycles. The number of rotatable bonds is 5. The first kappa shape index (κ1) is 15.8. The number of hydrazone groups is 1. The minimum atomic E-state index is -0.948. The summed E-state index contributed by atoms with van der Waals surface area (Å²) in [5.74, 6) is -0.176. The first-order valence-electron chi connectivity index (χ1n) is 7.74. The molecule has 0 aliphatic carbocycles. The maximum absolute atomic E-state index is 10.9. The van der Waals surface area contributed by atoms with Crippen LogP contribution in [0, 0.1) is 0 Å². The lowest BCUT2D eigenvalue weighted by atomic mass is 10.1. The number of hydrogen-bond donors (Lipinski definition) is 2. The predicted molar refractivity (Wildman–Crippen MR) is 94.8 cm³/mol. The lowest BCUT2D eigenvalue weighted by molar-refractivity contribution is 0.0697. The van der Waals surface area contributed by atoms with E-state index < -0.39 is 5.97 Å². The third kappa shape index (κ3) is 3.01. The average molecular weight is 322 g/mol. The number of anilines is 1. The van der Waals surface area contributed by atoms with Crippen molar-refractivity contribution < 1.29 is 14.3 Å². The largest absolute Gasteiger partial charge is 0.478 e. The van der Waals surface area contributed by atoms with Crippen LogP contribution < -0.4 is 5.43 Å². The molecule has 0 unspecified atom stereocenters. The molecule has 3 aromatic rings. The fourth-order valence-corrected chi connectivity index (χ4v) is 2.63. The Bertz CT molecular complexity index is 908. The van der Waals surface area contributed by atoms with E-state index in [9.17, 15) is 4.79 Å². The number of fused-ring (bicyclic) bond motifs is 1. The summed E-state index contributed by atoms with van der Waals surface area (Å²) in [5.41, 5.74) is 6.63. The number of aryl methyl sites for hydroxylation is 1. The van der Waals surface area contributed by atoms with Gasteiger partial charge in [-0.3, -0.25) is 5.43 Å². The molecule has 122 valence electrons. The molecular formula is C19H18N2O3. The molecular weight excluding hydrogens is 304 g/mol. The third-order valence-corrected chi connectivity index (χ3v) is 3.87. The number of nitrogens with one attached hydrogen (secondary N) is 1. The van der Waals surface area contributed by atoms with Crippen LogP contribution in [0.4, 0.5) is 5.69 Å². The van der Waals surface area contributed by atoms with Crippen molar-refractivity contribution in [2.24, 2.45) is 5.10 Å². The van der Waals surface area contributed by atoms with Gasteiger partial charge in [0.1, 0.15) is 11.3 Å². The summed E-state index contributed by atoms with van der Waals surface area (Å²) in [7, 11) is 0. The molecule has 2 aromatic carbocycles. The number of carboxylic acid groups (broad SMARTS) is 1. The van der Waals surface area contributed by atoms with E-state index in [1.54, 1.807) is 12.1 Å². The van der Waals surface area contributed by atoms with Crippen molar-refractivity contribution in [3.05, 3.63) is 65.4 Å². The third-order valence-electron chi connectivity index (χ3n) is 3.87. The highest BCUT2D eigenvalue weighted by atomic mass is 16.4. The van der Waals surface area contributed by atoms with Crippen LogP contribution in [0.2, 0.25) is 0 Å². The van der Waals surface area contributed by atoms with E-state index in [1.807, 2.05) is 31.2 Å². The Balaban J connectivity index is 1.87. The quantitative estimate of drug-likeness (QED) is 0.534. The lowest BCUT2D eigenvalue weighted by Crippen LogP contribution is -2.02. The molecule has 2 N–H and O–H groups in total. The number of para-hydroxylation sites is 1. The standard InChI is InChI=1S/C19H18N2O3/c1-3-15-16-6-4-5-7-17(16)24-18(15)12(2)20-21-14-10-8-13(9-11-14)19(22)23/h4-11,21H,3H2,1-2H3,(H,22,23)/b20-12-. The van der Waals surface area contributed by atoms with Crippen molar-refractivity contribution in [1.82, 2.24) is 0 Å². The number of nitrogens with zero attached hydrogens (tertiary/aromatic N) is 1. The molecule has 0 amide bonds. The zero-order chi connectivity index (χ0) is 17.1. The molecule has 0 aliphatic rings. The lowest BCUT2D eigenvalue weighted by Gasteiger charge is -2.04. The molecule has 0 bridgehead atoms. The molecule has 0 saturated carbocycles. The molecule has 5 heteroatoms. The van der Waals surface area contributed by atoms with Gasteiger partial charge < -0.3 is 9.52 Å². The van der Waals surface area contributed by atoms with Gasteiger partial charge in [-0.15, -0.1) is 0 Å². The van der Waals surface area contributed by atoms with E-state index in [0.29, 0.717) is 5.69 Å². The van der Waals surface area contributed by atoms with Crippen LogP contribution in [-0.4, -0.2) is 16.8 Å². The normalized spacial score (nSPS) is 11.7. The maximum atomic E-state index is 10.9. The van der Waals surface area contributed by atoms with E-state index in [4.69, 9.17) is 9.52 Å². The number of aromatic carboxylic acids is 1. The minimum Gasteiger partial charge on any atom is -0.478 e. The van der Waals surface area contributed by atoms with Crippen LogP contribution in [-0.2, 0) is 6.42 Å². The van der Waals surface area contributed by atoms with Crippen molar-refractivity contribution in [2.75, 3.05) is 5.43 Å². The average Bonchev–Trinajstić information content (AvgIpc) is 2.98. The summed E-state index contributed by atoms with van der Waals surface area (Å²) in [5, 5.41) is 14.4. The van der Waals surface area contributed by atoms with Gasteiger partial charge in [0.15, 0.2) is 5.76 Å². The Labute approximate surface area is 139 Å². The van der Waals surface area contributed by atoms with Crippen molar-refractivity contribution >= 4 is 28.3 Å². The second-order valence-corrected chi connectivity index (χ2v) is 5.45. The topological polar surface area (TPSA) is 74.8 Å². The highest BCUT2D eigenvalue weighted by Crippen LogP contribution is 2.27. The fourth-order valence-electron chi connectivity index (χ4n) is 2.63. The zero-order valence-electron chi connectivity index (χ0n) is 13.5. The van der Waals surface area contributed by atoms with Crippen LogP contribution in [0.15, 0.2) is 58.0 Å². The Hall–Kier alpha value is -3.08. The summed E-state index contributed by atoms with van der Waals surface area (Å²) >= 11 is 0. The molecule has 0 aliphatic heterocycles. The maximum Gasteiger partial charge on any atom is 0.335 e. The fraction of sp³-hybridized carbons (Fsp3) is 0.158. The molecule has 0 atom stereocenters. The Morgan fingerprint density at radius 1 is 1.17 bits per heavy atom. The highest BCUT2D eigenvalue weighted by molar-refractivity contribution is 6.02. The first-order chi connectivity index (χ1) is 11.6. The van der Waals surface area contributed by atoms with E-state index in [2.05, 4.69) is 17.5 Å². The molecule has 0 spiro atoms. The van der Waals surface area contributed by atoms with Gasteiger partial charge in [0, 0.05) is 10.9 Å². The molecule has 0 fully saturated rings. The Kier molecular flexibility index (Phi) is 4.33. The molecule has 5 nitrogen and oxygen atoms in total. The highest BCUT2D eigenvalue weighted by Gasteiger charge is 2.14. The van der Waals surface area contributed by atoms with Crippen molar-refractivity contribution in [1.29, 1.82) is 0 Å². The van der Waals surface area contributed by atoms with Gasteiger partial charge in [0.05, 0.1) is 11.3 Å². The van der Waals surface area contributed by atoms with E-state index in [-0.39, 0.29) is 5.56 Å². The Morgan fingerprint density at radius 3 is 2.54 bits per heavy atom.